The first kappa shape index (κ1) is 12.2. The van der Waals surface area contributed by atoms with Crippen LogP contribution < -0.4 is 11.5 Å². The van der Waals surface area contributed by atoms with Gasteiger partial charge >= 0.3 is 0 Å². The molecule has 0 aliphatic carbocycles. The molecule has 0 fully saturated rings. The highest BCUT2D eigenvalue weighted by Crippen LogP contribution is 2.19. The van der Waals surface area contributed by atoms with Gasteiger partial charge in [-0.3, -0.25) is 9.36 Å². The third-order valence-corrected chi connectivity index (χ3v) is 2.95. The van der Waals surface area contributed by atoms with Gasteiger partial charge in [0.15, 0.2) is 5.82 Å². The summed E-state index contributed by atoms with van der Waals surface area (Å²) in [7, 11) is 0. The third kappa shape index (κ3) is 1.96. The van der Waals surface area contributed by atoms with Gasteiger partial charge in [-0.05, 0) is 25.1 Å². The number of benzene rings is 1. The van der Waals surface area contributed by atoms with E-state index < -0.39 is 0 Å². The SMILES string of the molecule is Cc1nc2ccc(N)cc2n1C(=O)Cn1cc(N)nn1. The van der Waals surface area contributed by atoms with Crippen molar-refractivity contribution in [2.75, 3.05) is 11.5 Å². The molecular formula is C12H13N7O. The number of hydrogen-bond donors (Lipinski definition) is 2. The molecule has 2 aromatic heterocycles. The van der Waals surface area contributed by atoms with Crippen molar-refractivity contribution in [2.24, 2.45) is 0 Å². The zero-order valence-electron chi connectivity index (χ0n) is 10.8. The highest BCUT2D eigenvalue weighted by molar-refractivity contribution is 5.92. The van der Waals surface area contributed by atoms with Crippen LogP contribution in [0, 0.1) is 6.92 Å². The standard InChI is InChI=1S/C12H13N7O/c1-7-15-9-3-2-8(13)4-10(9)19(7)12(20)6-18-5-11(14)16-17-18/h2-5H,6,13-14H2,1H3. The van der Waals surface area contributed by atoms with E-state index in [9.17, 15) is 4.79 Å². The summed E-state index contributed by atoms with van der Waals surface area (Å²) in [6.45, 7) is 1.80. The number of hydrogen-bond acceptors (Lipinski definition) is 6. The maximum absolute atomic E-state index is 12.4. The molecule has 0 spiro atoms. The topological polar surface area (TPSA) is 118 Å². The fraction of sp³-hybridized carbons (Fsp3) is 0.167. The molecule has 0 bridgehead atoms. The molecule has 3 aromatic rings. The number of imidazole rings is 1. The summed E-state index contributed by atoms with van der Waals surface area (Å²) in [5, 5.41) is 7.40. The van der Waals surface area contributed by atoms with Crippen LogP contribution in [0.2, 0.25) is 0 Å². The van der Waals surface area contributed by atoms with E-state index in [1.54, 1.807) is 25.1 Å². The van der Waals surface area contributed by atoms with Crippen molar-refractivity contribution in [3.05, 3.63) is 30.2 Å². The van der Waals surface area contributed by atoms with Crippen LogP contribution in [-0.4, -0.2) is 30.5 Å². The van der Waals surface area contributed by atoms with Gasteiger partial charge in [0.05, 0.1) is 17.2 Å². The van der Waals surface area contributed by atoms with Crippen LogP contribution in [0.3, 0.4) is 0 Å². The summed E-state index contributed by atoms with van der Waals surface area (Å²) in [5.41, 5.74) is 13.2. The number of rotatable bonds is 2. The van der Waals surface area contributed by atoms with E-state index in [1.807, 2.05) is 0 Å². The molecule has 0 aliphatic heterocycles. The Morgan fingerprint density at radius 2 is 2.15 bits per heavy atom. The Morgan fingerprint density at radius 1 is 1.35 bits per heavy atom. The lowest BCUT2D eigenvalue weighted by Crippen LogP contribution is -2.19. The van der Waals surface area contributed by atoms with Crippen LogP contribution in [0.25, 0.3) is 11.0 Å². The van der Waals surface area contributed by atoms with Gasteiger partial charge in [-0.2, -0.15) is 0 Å². The molecular weight excluding hydrogens is 258 g/mol. The molecule has 3 rings (SSSR count). The molecule has 4 N–H and O–H groups in total. The van der Waals surface area contributed by atoms with Gasteiger partial charge in [0.2, 0.25) is 0 Å². The maximum atomic E-state index is 12.4. The smallest absolute Gasteiger partial charge is 0.254 e. The van der Waals surface area contributed by atoms with Gasteiger partial charge < -0.3 is 11.5 Å². The average molecular weight is 271 g/mol. The van der Waals surface area contributed by atoms with Crippen LogP contribution >= 0.6 is 0 Å². The molecule has 0 saturated carbocycles. The largest absolute Gasteiger partial charge is 0.399 e. The van der Waals surface area contributed by atoms with E-state index in [1.165, 1.54) is 15.4 Å². The molecule has 0 saturated heterocycles. The van der Waals surface area contributed by atoms with Crippen molar-refractivity contribution < 1.29 is 4.79 Å². The maximum Gasteiger partial charge on any atom is 0.254 e. The Kier molecular flexibility index (Phi) is 2.63. The highest BCUT2D eigenvalue weighted by atomic mass is 16.2. The number of nitrogen functional groups attached to an aromatic ring is 2. The van der Waals surface area contributed by atoms with Crippen LogP contribution in [0.15, 0.2) is 24.4 Å². The summed E-state index contributed by atoms with van der Waals surface area (Å²) in [4.78, 5) is 16.7. The first-order valence-electron chi connectivity index (χ1n) is 5.98. The van der Waals surface area contributed by atoms with Crippen molar-refractivity contribution >= 4 is 28.4 Å². The highest BCUT2D eigenvalue weighted by Gasteiger charge is 2.15. The summed E-state index contributed by atoms with van der Waals surface area (Å²) in [6.07, 6.45) is 1.50. The number of aromatic nitrogens is 5. The lowest BCUT2D eigenvalue weighted by molar-refractivity contribution is 0.0888. The van der Waals surface area contributed by atoms with E-state index in [-0.39, 0.29) is 18.3 Å². The van der Waals surface area contributed by atoms with Crippen molar-refractivity contribution in [3.63, 3.8) is 0 Å². The minimum atomic E-state index is -0.180. The van der Waals surface area contributed by atoms with E-state index >= 15 is 0 Å². The number of anilines is 2. The third-order valence-electron chi connectivity index (χ3n) is 2.95. The zero-order chi connectivity index (χ0) is 14.3. The lowest BCUT2D eigenvalue weighted by atomic mass is 10.3. The molecule has 0 aliphatic rings. The van der Waals surface area contributed by atoms with Crippen LogP contribution in [-0.2, 0) is 6.54 Å². The number of aryl methyl sites for hydroxylation is 1. The molecule has 102 valence electrons. The second-order valence-electron chi connectivity index (χ2n) is 4.48. The van der Waals surface area contributed by atoms with Crippen LogP contribution in [0.5, 0.6) is 0 Å². The van der Waals surface area contributed by atoms with E-state index in [2.05, 4.69) is 15.3 Å². The van der Waals surface area contributed by atoms with Crippen molar-refractivity contribution in [2.45, 2.75) is 13.5 Å². The van der Waals surface area contributed by atoms with Crippen molar-refractivity contribution in [1.82, 2.24) is 24.5 Å². The monoisotopic (exact) mass is 271 g/mol. The Bertz CT molecular complexity index is 801. The summed E-state index contributed by atoms with van der Waals surface area (Å²) in [6, 6.07) is 5.26. The summed E-state index contributed by atoms with van der Waals surface area (Å²) < 4.78 is 2.90. The molecule has 0 atom stereocenters. The Hall–Kier alpha value is -2.90. The molecule has 0 unspecified atom stereocenters. The van der Waals surface area contributed by atoms with Gasteiger partial charge in [-0.25, -0.2) is 9.67 Å². The first-order valence-corrected chi connectivity index (χ1v) is 5.98. The van der Waals surface area contributed by atoms with E-state index in [0.29, 0.717) is 17.0 Å². The zero-order valence-corrected chi connectivity index (χ0v) is 10.8. The van der Waals surface area contributed by atoms with Crippen LogP contribution in [0.4, 0.5) is 11.5 Å². The normalized spacial score (nSPS) is 11.1. The predicted molar refractivity (Wildman–Crippen MR) is 73.9 cm³/mol. The summed E-state index contributed by atoms with van der Waals surface area (Å²) in [5.74, 6) is 0.693. The number of carbonyl (C=O) groups excluding carboxylic acids is 1. The second-order valence-corrected chi connectivity index (χ2v) is 4.48. The minimum absolute atomic E-state index is 0.0330. The van der Waals surface area contributed by atoms with Gasteiger partial charge in [0.1, 0.15) is 12.4 Å². The molecule has 8 heteroatoms. The molecule has 1 aromatic carbocycles. The predicted octanol–water partition coefficient (Wildman–Crippen LogP) is 0.441. The quantitative estimate of drug-likeness (QED) is 0.653. The molecule has 8 nitrogen and oxygen atoms in total. The Labute approximate surface area is 114 Å². The number of nitrogens with two attached hydrogens (primary N) is 2. The van der Waals surface area contributed by atoms with Gasteiger partial charge in [0.25, 0.3) is 5.91 Å². The fourth-order valence-electron chi connectivity index (χ4n) is 2.13. The fourth-order valence-corrected chi connectivity index (χ4v) is 2.13. The van der Waals surface area contributed by atoms with Crippen LogP contribution in [0.1, 0.15) is 10.6 Å². The van der Waals surface area contributed by atoms with Crippen molar-refractivity contribution in [1.29, 1.82) is 0 Å². The average Bonchev–Trinajstić information content (AvgIpc) is 2.91. The van der Waals surface area contributed by atoms with E-state index in [0.717, 1.165) is 5.52 Å². The summed E-state index contributed by atoms with van der Waals surface area (Å²) >= 11 is 0. The van der Waals surface area contributed by atoms with Crippen molar-refractivity contribution in [3.8, 4) is 0 Å². The second kappa shape index (κ2) is 4.34. The molecule has 0 amide bonds. The molecule has 0 radical (unpaired) electrons. The Balaban J connectivity index is 2.02. The number of fused-ring (bicyclic) bond motifs is 1. The first-order chi connectivity index (χ1) is 9.54. The van der Waals surface area contributed by atoms with Gasteiger partial charge in [0, 0.05) is 5.69 Å². The number of carbonyl (C=O) groups is 1. The van der Waals surface area contributed by atoms with E-state index in [4.69, 9.17) is 11.5 Å². The van der Waals surface area contributed by atoms with Gasteiger partial charge in [-0.1, -0.05) is 5.21 Å². The minimum Gasteiger partial charge on any atom is -0.399 e. The Morgan fingerprint density at radius 3 is 2.85 bits per heavy atom. The number of nitrogens with zero attached hydrogens (tertiary/aromatic N) is 5. The molecule has 2 heterocycles. The lowest BCUT2D eigenvalue weighted by Gasteiger charge is -2.05. The van der Waals surface area contributed by atoms with Gasteiger partial charge in [-0.15, -0.1) is 5.10 Å². The molecule has 20 heavy (non-hydrogen) atoms.